The van der Waals surface area contributed by atoms with Crippen LogP contribution in [0.3, 0.4) is 0 Å². The molecule has 0 saturated carbocycles. The predicted octanol–water partition coefficient (Wildman–Crippen LogP) is 1.13. The second-order valence-electron chi connectivity index (χ2n) is 2.42. The van der Waals surface area contributed by atoms with Gasteiger partial charge in [-0.15, -0.1) is 5.10 Å². The van der Waals surface area contributed by atoms with Gasteiger partial charge >= 0.3 is 5.97 Å². The molecule has 0 aromatic carbocycles. The van der Waals surface area contributed by atoms with Crippen molar-refractivity contribution in [2.24, 2.45) is 0 Å². The Morgan fingerprint density at radius 1 is 1.67 bits per heavy atom. The number of rotatable bonds is 5. The molecule has 1 rings (SSSR count). The van der Waals surface area contributed by atoms with Crippen LogP contribution in [0.5, 0.6) is 0 Å². The van der Waals surface area contributed by atoms with Crippen LogP contribution in [0.4, 0.5) is 0 Å². The zero-order valence-electron chi connectivity index (χ0n) is 7.94. The van der Waals surface area contributed by atoms with E-state index < -0.39 is 5.97 Å². The minimum atomic E-state index is -0.621. The van der Waals surface area contributed by atoms with Crippen molar-refractivity contribution < 1.29 is 14.3 Å². The van der Waals surface area contributed by atoms with Gasteiger partial charge in [0.15, 0.2) is 0 Å². The van der Waals surface area contributed by atoms with E-state index in [1.807, 2.05) is 0 Å². The maximum Gasteiger partial charge on any atom is 0.378 e. The summed E-state index contributed by atoms with van der Waals surface area (Å²) in [5.41, 5.74) is 0. The quantitative estimate of drug-likeness (QED) is 0.346. The van der Waals surface area contributed by atoms with E-state index in [4.69, 9.17) is 16.3 Å². The lowest BCUT2D eigenvalue weighted by molar-refractivity contribution is 0.0579. The van der Waals surface area contributed by atoms with Gasteiger partial charge in [-0.25, -0.2) is 9.48 Å². The molecule has 1 heterocycles. The topological polar surface area (TPSA) is 66.2 Å². The van der Waals surface area contributed by atoms with Gasteiger partial charge < -0.3 is 9.47 Å². The second kappa shape index (κ2) is 6.23. The molecular weight excluding hydrogens is 336 g/mol. The van der Waals surface area contributed by atoms with Crippen LogP contribution in [0.15, 0.2) is 0 Å². The number of halogens is 2. The van der Waals surface area contributed by atoms with Crippen molar-refractivity contribution >= 4 is 40.2 Å². The maximum absolute atomic E-state index is 11.0. The molecular formula is C7H9ClIN3O3. The van der Waals surface area contributed by atoms with Crippen molar-refractivity contribution in [1.29, 1.82) is 0 Å². The average molecular weight is 346 g/mol. The summed E-state index contributed by atoms with van der Waals surface area (Å²) in [5.74, 6) is -0.690. The van der Waals surface area contributed by atoms with Crippen LogP contribution in [0.25, 0.3) is 0 Å². The lowest BCUT2D eigenvalue weighted by Crippen LogP contribution is -2.08. The zero-order valence-corrected chi connectivity index (χ0v) is 10.9. The van der Waals surface area contributed by atoms with Gasteiger partial charge in [-0.3, -0.25) is 0 Å². The third-order valence-corrected chi connectivity index (χ3v) is 2.15. The first-order chi connectivity index (χ1) is 7.19. The van der Waals surface area contributed by atoms with Crippen molar-refractivity contribution in [3.63, 3.8) is 0 Å². The van der Waals surface area contributed by atoms with Crippen molar-refractivity contribution in [3.05, 3.63) is 11.1 Å². The summed E-state index contributed by atoms with van der Waals surface area (Å²) in [4.78, 5) is 14.8. The molecule has 0 spiro atoms. The summed E-state index contributed by atoms with van der Waals surface area (Å²) >= 11 is 7.91. The van der Waals surface area contributed by atoms with E-state index in [0.29, 0.717) is 6.61 Å². The highest BCUT2D eigenvalue weighted by molar-refractivity contribution is 14.1. The average Bonchev–Trinajstić information content (AvgIpc) is 2.60. The summed E-state index contributed by atoms with van der Waals surface area (Å²) in [6.07, 6.45) is 0. The highest BCUT2D eigenvalue weighted by atomic mass is 127. The Hall–Kier alpha value is -0.410. The number of aromatic nitrogens is 3. The van der Waals surface area contributed by atoms with Gasteiger partial charge in [-0.2, -0.15) is 4.98 Å². The number of nitrogens with zero attached hydrogens (tertiary/aromatic N) is 3. The van der Waals surface area contributed by atoms with Gasteiger partial charge in [0.25, 0.3) is 5.82 Å². The van der Waals surface area contributed by atoms with Gasteiger partial charge in [-0.1, -0.05) is 22.6 Å². The largest absolute Gasteiger partial charge is 0.463 e. The molecule has 0 fully saturated rings. The van der Waals surface area contributed by atoms with Crippen LogP contribution < -0.4 is 0 Å². The molecule has 0 aliphatic rings. The van der Waals surface area contributed by atoms with Gasteiger partial charge in [0.1, 0.15) is 6.73 Å². The molecule has 0 unspecified atom stereocenters. The number of ether oxygens (including phenoxy) is 2. The van der Waals surface area contributed by atoms with Crippen LogP contribution in [0.2, 0.25) is 5.28 Å². The molecule has 0 radical (unpaired) electrons. The molecule has 0 aliphatic heterocycles. The Bertz CT molecular complexity index is 344. The smallest absolute Gasteiger partial charge is 0.378 e. The van der Waals surface area contributed by atoms with Crippen molar-refractivity contribution in [3.8, 4) is 0 Å². The Morgan fingerprint density at radius 3 is 3.00 bits per heavy atom. The van der Waals surface area contributed by atoms with Gasteiger partial charge in [0, 0.05) is 4.43 Å². The minimum absolute atomic E-state index is 0.0689. The first-order valence-corrected chi connectivity index (χ1v) is 5.91. The van der Waals surface area contributed by atoms with Gasteiger partial charge in [-0.05, 0) is 11.6 Å². The van der Waals surface area contributed by atoms with Crippen molar-refractivity contribution in [2.45, 2.75) is 6.73 Å². The van der Waals surface area contributed by atoms with E-state index in [2.05, 4.69) is 37.4 Å². The summed E-state index contributed by atoms with van der Waals surface area (Å²) in [6, 6.07) is 0. The summed E-state index contributed by atoms with van der Waals surface area (Å²) in [6.45, 7) is 0.760. The molecule has 6 nitrogen and oxygen atoms in total. The number of carbonyl (C=O) groups is 1. The number of hydrogen-bond acceptors (Lipinski definition) is 5. The molecule has 0 aliphatic carbocycles. The third kappa shape index (κ3) is 3.58. The normalized spacial score (nSPS) is 10.3. The first kappa shape index (κ1) is 12.7. The van der Waals surface area contributed by atoms with Crippen molar-refractivity contribution in [2.75, 3.05) is 18.1 Å². The lowest BCUT2D eigenvalue weighted by Gasteiger charge is -2.01. The van der Waals surface area contributed by atoms with Crippen LogP contribution in [0.1, 0.15) is 10.6 Å². The molecule has 0 saturated heterocycles. The maximum atomic E-state index is 11.0. The molecule has 0 amide bonds. The molecule has 0 N–H and O–H groups in total. The molecule has 0 atom stereocenters. The molecule has 8 heteroatoms. The number of alkyl halides is 1. The zero-order chi connectivity index (χ0) is 11.3. The van der Waals surface area contributed by atoms with Crippen LogP contribution in [-0.4, -0.2) is 38.9 Å². The lowest BCUT2D eigenvalue weighted by atomic mass is 10.6. The Morgan fingerprint density at radius 2 is 2.40 bits per heavy atom. The number of carbonyl (C=O) groups excluding carboxylic acids is 1. The van der Waals surface area contributed by atoms with Crippen molar-refractivity contribution in [1.82, 2.24) is 14.8 Å². The van der Waals surface area contributed by atoms with E-state index in [-0.39, 0.29) is 17.8 Å². The van der Waals surface area contributed by atoms with Crippen LogP contribution >= 0.6 is 34.2 Å². The monoisotopic (exact) mass is 345 g/mol. The second-order valence-corrected chi connectivity index (χ2v) is 3.84. The van der Waals surface area contributed by atoms with Gasteiger partial charge in [0.2, 0.25) is 5.28 Å². The van der Waals surface area contributed by atoms with Crippen LogP contribution in [0, 0.1) is 0 Å². The fourth-order valence-corrected chi connectivity index (χ4v) is 1.27. The van der Waals surface area contributed by atoms with Crippen LogP contribution in [-0.2, 0) is 16.2 Å². The number of esters is 1. The van der Waals surface area contributed by atoms with E-state index >= 15 is 0 Å². The SMILES string of the molecule is COC(=O)c1nc(Cl)n(COCCI)n1. The van der Waals surface area contributed by atoms with E-state index in [1.54, 1.807) is 0 Å². The summed E-state index contributed by atoms with van der Waals surface area (Å²) in [7, 11) is 1.25. The first-order valence-electron chi connectivity index (χ1n) is 4.01. The Labute approximate surface area is 105 Å². The molecule has 15 heavy (non-hydrogen) atoms. The standard InChI is InChI=1S/C7H9ClIN3O3/c1-14-6(13)5-10-7(8)12(11-5)4-15-3-2-9/h2-4H2,1H3. The summed E-state index contributed by atoms with van der Waals surface area (Å²) in [5, 5.41) is 3.92. The van der Waals surface area contributed by atoms with E-state index in [0.717, 1.165) is 4.43 Å². The fraction of sp³-hybridized carbons (Fsp3) is 0.571. The Balaban J connectivity index is 2.64. The third-order valence-electron chi connectivity index (χ3n) is 1.43. The summed E-state index contributed by atoms with van der Waals surface area (Å²) < 4.78 is 11.8. The highest BCUT2D eigenvalue weighted by Crippen LogP contribution is 2.06. The fourth-order valence-electron chi connectivity index (χ4n) is 0.789. The molecule has 1 aromatic heterocycles. The van der Waals surface area contributed by atoms with E-state index in [1.165, 1.54) is 11.8 Å². The minimum Gasteiger partial charge on any atom is -0.463 e. The highest BCUT2D eigenvalue weighted by Gasteiger charge is 2.15. The molecule has 84 valence electrons. The molecule has 0 bridgehead atoms. The Kier molecular flexibility index (Phi) is 5.26. The number of hydrogen-bond donors (Lipinski definition) is 0. The molecule has 1 aromatic rings. The predicted molar refractivity (Wildman–Crippen MR) is 61.2 cm³/mol. The van der Waals surface area contributed by atoms with E-state index in [9.17, 15) is 4.79 Å². The number of methoxy groups -OCH3 is 1. The van der Waals surface area contributed by atoms with Gasteiger partial charge in [0.05, 0.1) is 13.7 Å².